The van der Waals surface area contributed by atoms with E-state index >= 15 is 0 Å². The Bertz CT molecular complexity index is 537. The second-order valence-corrected chi connectivity index (χ2v) is 5.59. The van der Waals surface area contributed by atoms with Crippen molar-refractivity contribution in [2.45, 2.75) is 25.8 Å². The molecule has 0 aliphatic heterocycles. The minimum absolute atomic E-state index is 0.0643. The monoisotopic (exact) mass is 275 g/mol. The van der Waals surface area contributed by atoms with Crippen molar-refractivity contribution in [3.05, 3.63) is 52.2 Å². The maximum Gasteiger partial charge on any atom is 0.224 e. The van der Waals surface area contributed by atoms with Gasteiger partial charge < -0.3 is 10.4 Å². The molecule has 1 aromatic carbocycles. The van der Waals surface area contributed by atoms with Gasteiger partial charge in [-0.05, 0) is 24.4 Å². The van der Waals surface area contributed by atoms with Gasteiger partial charge in [-0.25, -0.2) is 0 Å². The number of benzene rings is 1. The van der Waals surface area contributed by atoms with E-state index in [1.54, 1.807) is 29.5 Å². The van der Waals surface area contributed by atoms with E-state index in [0.717, 1.165) is 6.42 Å². The standard InChI is InChI=1S/C15H17NO2S/c1-11(9-13-6-4-8-19-13)16-15(18)10-12-5-2-3-7-14(12)17/h2-8,11,17H,9-10H2,1H3,(H,16,18). The van der Waals surface area contributed by atoms with Crippen molar-refractivity contribution in [1.82, 2.24) is 5.32 Å². The summed E-state index contributed by atoms with van der Waals surface area (Å²) in [7, 11) is 0. The van der Waals surface area contributed by atoms with Crippen molar-refractivity contribution in [2.75, 3.05) is 0 Å². The first-order chi connectivity index (χ1) is 9.15. The molecule has 0 aliphatic rings. The van der Waals surface area contributed by atoms with Gasteiger partial charge in [0.05, 0.1) is 6.42 Å². The molecule has 2 aromatic rings. The molecule has 3 nitrogen and oxygen atoms in total. The number of carbonyl (C=O) groups is 1. The van der Waals surface area contributed by atoms with Crippen molar-refractivity contribution >= 4 is 17.2 Å². The van der Waals surface area contributed by atoms with Gasteiger partial charge in [0, 0.05) is 22.9 Å². The highest BCUT2D eigenvalue weighted by atomic mass is 32.1. The maximum atomic E-state index is 11.9. The van der Waals surface area contributed by atoms with Crippen molar-refractivity contribution in [2.24, 2.45) is 0 Å². The molecule has 1 atom stereocenters. The largest absolute Gasteiger partial charge is 0.508 e. The van der Waals surface area contributed by atoms with Gasteiger partial charge in [-0.1, -0.05) is 24.3 Å². The molecule has 19 heavy (non-hydrogen) atoms. The summed E-state index contributed by atoms with van der Waals surface area (Å²) >= 11 is 1.69. The summed E-state index contributed by atoms with van der Waals surface area (Å²) in [5.41, 5.74) is 0.656. The molecule has 0 aliphatic carbocycles. The molecule has 4 heteroatoms. The van der Waals surface area contributed by atoms with Gasteiger partial charge in [0.25, 0.3) is 0 Å². The molecule has 0 spiro atoms. The van der Waals surface area contributed by atoms with Gasteiger partial charge in [-0.15, -0.1) is 11.3 Å². The summed E-state index contributed by atoms with van der Waals surface area (Å²) in [6, 6.07) is 11.1. The fourth-order valence-corrected chi connectivity index (χ4v) is 2.78. The summed E-state index contributed by atoms with van der Waals surface area (Å²) in [6.45, 7) is 1.99. The van der Waals surface area contributed by atoms with Crippen molar-refractivity contribution in [3.63, 3.8) is 0 Å². The minimum atomic E-state index is -0.0643. The van der Waals surface area contributed by atoms with Crippen LogP contribution in [0.4, 0.5) is 0 Å². The lowest BCUT2D eigenvalue weighted by Gasteiger charge is -2.13. The van der Waals surface area contributed by atoms with Crippen LogP contribution in [-0.4, -0.2) is 17.1 Å². The summed E-state index contributed by atoms with van der Waals surface area (Å²) < 4.78 is 0. The van der Waals surface area contributed by atoms with E-state index in [0.29, 0.717) is 5.56 Å². The highest BCUT2D eigenvalue weighted by Gasteiger charge is 2.11. The molecule has 0 saturated carbocycles. The Hall–Kier alpha value is -1.81. The number of phenols is 1. The number of para-hydroxylation sites is 1. The van der Waals surface area contributed by atoms with Crippen LogP contribution in [0.15, 0.2) is 41.8 Å². The fraction of sp³-hybridized carbons (Fsp3) is 0.267. The Kier molecular flexibility index (Phi) is 4.58. The van der Waals surface area contributed by atoms with E-state index in [4.69, 9.17) is 0 Å². The van der Waals surface area contributed by atoms with Crippen molar-refractivity contribution < 1.29 is 9.90 Å². The zero-order valence-electron chi connectivity index (χ0n) is 10.8. The van der Waals surface area contributed by atoms with Gasteiger partial charge in [0.2, 0.25) is 5.91 Å². The number of aromatic hydroxyl groups is 1. The van der Waals surface area contributed by atoms with Gasteiger partial charge in [0.15, 0.2) is 0 Å². The summed E-state index contributed by atoms with van der Waals surface area (Å²) in [5, 5.41) is 14.6. The SMILES string of the molecule is CC(Cc1cccs1)NC(=O)Cc1ccccc1O. The Morgan fingerprint density at radius 2 is 2.11 bits per heavy atom. The Morgan fingerprint density at radius 1 is 1.32 bits per heavy atom. The second-order valence-electron chi connectivity index (χ2n) is 4.56. The molecule has 1 unspecified atom stereocenters. The highest BCUT2D eigenvalue weighted by molar-refractivity contribution is 7.09. The molecule has 2 N–H and O–H groups in total. The molecule has 0 fully saturated rings. The smallest absolute Gasteiger partial charge is 0.224 e. The first-order valence-electron chi connectivity index (χ1n) is 6.24. The third-order valence-electron chi connectivity index (χ3n) is 2.84. The molecule has 1 heterocycles. The first kappa shape index (κ1) is 13.6. The predicted molar refractivity (Wildman–Crippen MR) is 77.4 cm³/mol. The Labute approximate surface area is 116 Å². The van der Waals surface area contributed by atoms with Gasteiger partial charge in [0.1, 0.15) is 5.75 Å². The zero-order valence-corrected chi connectivity index (χ0v) is 11.6. The maximum absolute atomic E-state index is 11.9. The molecule has 0 saturated heterocycles. The van der Waals surface area contributed by atoms with Crippen LogP contribution in [0.5, 0.6) is 5.75 Å². The third kappa shape index (κ3) is 4.10. The van der Waals surface area contributed by atoms with Crippen LogP contribution in [0.1, 0.15) is 17.4 Å². The lowest BCUT2D eigenvalue weighted by Crippen LogP contribution is -2.34. The summed E-state index contributed by atoms with van der Waals surface area (Å²) in [4.78, 5) is 13.1. The van der Waals surface area contributed by atoms with Crippen LogP contribution in [0, 0.1) is 0 Å². The van der Waals surface area contributed by atoms with E-state index < -0.39 is 0 Å². The van der Waals surface area contributed by atoms with Crippen molar-refractivity contribution in [3.8, 4) is 5.75 Å². The molecular weight excluding hydrogens is 258 g/mol. The van der Waals surface area contributed by atoms with E-state index in [1.807, 2.05) is 24.4 Å². The van der Waals surface area contributed by atoms with Gasteiger partial charge >= 0.3 is 0 Å². The van der Waals surface area contributed by atoms with E-state index in [9.17, 15) is 9.90 Å². The Balaban J connectivity index is 1.86. The topological polar surface area (TPSA) is 49.3 Å². The number of hydrogen-bond acceptors (Lipinski definition) is 3. The average Bonchev–Trinajstić information content (AvgIpc) is 2.84. The molecule has 0 bridgehead atoms. The first-order valence-corrected chi connectivity index (χ1v) is 7.11. The lowest BCUT2D eigenvalue weighted by molar-refractivity contribution is -0.121. The summed E-state index contributed by atoms with van der Waals surface area (Å²) in [5.74, 6) is 0.106. The summed E-state index contributed by atoms with van der Waals surface area (Å²) in [6.07, 6.45) is 1.05. The molecular formula is C15H17NO2S. The van der Waals surface area contributed by atoms with Crippen LogP contribution in [0.2, 0.25) is 0 Å². The van der Waals surface area contributed by atoms with E-state index in [-0.39, 0.29) is 24.1 Å². The number of thiophene rings is 1. The number of rotatable bonds is 5. The molecule has 0 radical (unpaired) electrons. The van der Waals surface area contributed by atoms with E-state index in [1.165, 1.54) is 4.88 Å². The van der Waals surface area contributed by atoms with Gasteiger partial charge in [-0.3, -0.25) is 4.79 Å². The van der Waals surface area contributed by atoms with Crippen LogP contribution in [0.3, 0.4) is 0 Å². The average molecular weight is 275 g/mol. The second kappa shape index (κ2) is 6.38. The number of carbonyl (C=O) groups excluding carboxylic acids is 1. The van der Waals surface area contributed by atoms with Crippen LogP contribution in [-0.2, 0) is 17.6 Å². The minimum Gasteiger partial charge on any atom is -0.508 e. The Morgan fingerprint density at radius 3 is 2.79 bits per heavy atom. The quantitative estimate of drug-likeness (QED) is 0.881. The molecule has 1 aromatic heterocycles. The zero-order chi connectivity index (χ0) is 13.7. The lowest BCUT2D eigenvalue weighted by atomic mass is 10.1. The van der Waals surface area contributed by atoms with Crippen LogP contribution in [0.25, 0.3) is 0 Å². The highest BCUT2D eigenvalue weighted by Crippen LogP contribution is 2.16. The fourth-order valence-electron chi connectivity index (χ4n) is 1.94. The molecule has 2 rings (SSSR count). The number of amides is 1. The third-order valence-corrected chi connectivity index (χ3v) is 3.74. The number of nitrogens with one attached hydrogen (secondary N) is 1. The molecule has 1 amide bonds. The predicted octanol–water partition coefficient (Wildman–Crippen LogP) is 2.74. The number of phenolic OH excluding ortho intramolecular Hbond substituents is 1. The van der Waals surface area contributed by atoms with Crippen molar-refractivity contribution in [1.29, 1.82) is 0 Å². The van der Waals surface area contributed by atoms with Gasteiger partial charge in [-0.2, -0.15) is 0 Å². The molecule has 100 valence electrons. The van der Waals surface area contributed by atoms with E-state index in [2.05, 4.69) is 11.4 Å². The normalized spacial score (nSPS) is 12.1. The van der Waals surface area contributed by atoms with Crippen LogP contribution < -0.4 is 5.32 Å². The van der Waals surface area contributed by atoms with Crippen LogP contribution >= 0.6 is 11.3 Å². The number of hydrogen-bond donors (Lipinski definition) is 2.